The third-order valence-corrected chi connectivity index (χ3v) is 11.3. The lowest BCUT2D eigenvalue weighted by molar-refractivity contribution is -0.141. The van der Waals surface area contributed by atoms with E-state index in [1.165, 1.54) is 35.2 Å². The summed E-state index contributed by atoms with van der Waals surface area (Å²) in [7, 11) is -2.76. The summed E-state index contributed by atoms with van der Waals surface area (Å²) in [6, 6.07) is 21.3. The summed E-state index contributed by atoms with van der Waals surface area (Å²) >= 11 is 0. The van der Waals surface area contributed by atoms with E-state index in [0.717, 1.165) is 5.56 Å². The van der Waals surface area contributed by atoms with E-state index in [-0.39, 0.29) is 30.7 Å². The zero-order chi connectivity index (χ0) is 41.8. The number of nitrogens with zero attached hydrogens (tertiary/aromatic N) is 2. The lowest BCUT2D eigenvalue weighted by Crippen LogP contribution is -2.58. The fraction of sp³-hybridized carbons (Fsp3) is 0.357. The van der Waals surface area contributed by atoms with E-state index < -0.39 is 75.7 Å². The van der Waals surface area contributed by atoms with Crippen molar-refractivity contribution in [2.24, 2.45) is 5.92 Å². The van der Waals surface area contributed by atoms with E-state index >= 15 is 0 Å². The van der Waals surface area contributed by atoms with Crippen LogP contribution in [0.25, 0.3) is 22.2 Å². The average molecular weight is 814 g/mol. The average Bonchev–Trinajstić information content (AvgIpc) is 3.75. The molecule has 1 aliphatic carbocycles. The Balaban J connectivity index is 1.33. The number of nitrogens with one attached hydrogen (secondary N) is 3. The van der Waals surface area contributed by atoms with Gasteiger partial charge in [-0.15, -0.1) is 6.58 Å². The first kappa shape index (κ1) is 41.6. The van der Waals surface area contributed by atoms with Crippen LogP contribution in [0, 0.1) is 5.92 Å². The van der Waals surface area contributed by atoms with E-state index in [1.54, 1.807) is 58.2 Å². The number of ether oxygens (including phenoxy) is 3. The monoisotopic (exact) mass is 813 g/mol. The van der Waals surface area contributed by atoms with Gasteiger partial charge in [-0.05, 0) is 57.9 Å². The molecular formula is C42H47N5O10S. The minimum atomic E-state index is -4.30. The predicted molar refractivity (Wildman–Crippen MR) is 214 cm³/mol. The highest BCUT2D eigenvalue weighted by molar-refractivity contribution is 7.90. The Kier molecular flexibility index (Phi) is 12.1. The molecule has 4 amide bonds. The number of carbonyl (C=O) groups excluding carboxylic acids is 4. The van der Waals surface area contributed by atoms with Crippen molar-refractivity contribution in [3.8, 4) is 22.8 Å². The summed E-state index contributed by atoms with van der Waals surface area (Å²) in [6.45, 7) is 8.13. The number of hydrogen-bond donors (Lipinski definition) is 4. The number of methoxy groups -OCH3 is 1. The van der Waals surface area contributed by atoms with Crippen LogP contribution in [0.2, 0.25) is 0 Å². The van der Waals surface area contributed by atoms with Gasteiger partial charge in [-0.3, -0.25) is 14.4 Å². The zero-order valence-electron chi connectivity index (χ0n) is 32.6. The van der Waals surface area contributed by atoms with Crippen molar-refractivity contribution in [3.05, 3.63) is 97.6 Å². The van der Waals surface area contributed by atoms with Crippen molar-refractivity contribution in [2.75, 3.05) is 20.3 Å². The summed E-state index contributed by atoms with van der Waals surface area (Å²) in [5.74, 6) is -2.06. The summed E-state index contributed by atoms with van der Waals surface area (Å²) in [4.78, 5) is 61.3. The number of rotatable bonds is 14. The van der Waals surface area contributed by atoms with Gasteiger partial charge >= 0.3 is 6.09 Å². The van der Waals surface area contributed by atoms with Gasteiger partial charge in [-0.1, -0.05) is 54.6 Å². The standard InChI is InChI=1S/C42H47N5O10S/c1-6-27-24-42(27,39(51)46-58(53,54)30-15-11-8-12-16-30)45-37(49)35-22-29(25-47(35)38(50)32(19-20-48)44-40(52)57-41(2,3)4)56-36-23-33(26-13-9-7-10-14-26)43-34-21-28(55-5)17-18-31(34)36/h6-18,21,23,27,29,32,35,48H,1,19-20,22,24-25H2,2-5H3,(H,44,52)(H,45,49)(H,46,51)/t27-,29-,32+,35+,42-/m1/s1. The minimum absolute atomic E-state index is 0.0566. The van der Waals surface area contributed by atoms with Gasteiger partial charge in [0, 0.05) is 42.0 Å². The van der Waals surface area contributed by atoms with Crippen molar-refractivity contribution in [2.45, 2.75) is 74.3 Å². The van der Waals surface area contributed by atoms with Crippen LogP contribution in [-0.4, -0.2) is 96.8 Å². The highest BCUT2D eigenvalue weighted by Crippen LogP contribution is 2.45. The number of amides is 4. The number of fused-ring (bicyclic) bond motifs is 1. The van der Waals surface area contributed by atoms with Gasteiger partial charge in [0.1, 0.15) is 40.8 Å². The second-order valence-electron chi connectivity index (χ2n) is 15.2. The zero-order valence-corrected chi connectivity index (χ0v) is 33.5. The molecule has 1 saturated carbocycles. The maximum Gasteiger partial charge on any atom is 0.408 e. The fourth-order valence-electron chi connectivity index (χ4n) is 6.96. The van der Waals surface area contributed by atoms with Crippen molar-refractivity contribution >= 4 is 44.7 Å². The number of aliphatic hydroxyl groups is 1. The Morgan fingerprint density at radius 2 is 1.72 bits per heavy atom. The molecule has 5 atom stereocenters. The van der Waals surface area contributed by atoms with E-state index in [0.29, 0.717) is 28.1 Å². The molecule has 0 spiro atoms. The molecule has 1 saturated heterocycles. The van der Waals surface area contributed by atoms with Crippen molar-refractivity contribution in [3.63, 3.8) is 0 Å². The van der Waals surface area contributed by atoms with Crippen LogP contribution in [-0.2, 0) is 29.1 Å². The Bertz CT molecular complexity index is 2300. The summed E-state index contributed by atoms with van der Waals surface area (Å²) in [6.07, 6.45) is -0.454. The second kappa shape index (κ2) is 16.8. The molecule has 1 aliphatic heterocycles. The van der Waals surface area contributed by atoms with Crippen molar-refractivity contribution in [1.82, 2.24) is 25.2 Å². The number of benzene rings is 3. The van der Waals surface area contributed by atoms with Crippen molar-refractivity contribution < 1.29 is 46.9 Å². The largest absolute Gasteiger partial charge is 0.497 e. The fourth-order valence-corrected chi connectivity index (χ4v) is 8.02. The smallest absolute Gasteiger partial charge is 0.408 e. The first-order chi connectivity index (χ1) is 27.6. The molecule has 4 aromatic rings. The van der Waals surface area contributed by atoms with Gasteiger partial charge in [0.15, 0.2) is 0 Å². The lowest BCUT2D eigenvalue weighted by atomic mass is 10.1. The number of alkyl carbamates (subject to hydrolysis) is 1. The quantitative estimate of drug-likeness (QED) is 0.134. The number of pyridine rings is 1. The third kappa shape index (κ3) is 9.24. The summed E-state index contributed by atoms with van der Waals surface area (Å²) in [5, 5.41) is 15.8. The SMILES string of the molecule is C=C[C@@H]1C[C@]1(NC(=O)[C@@H]1C[C@@H](Oc2cc(-c3ccccc3)nc3cc(OC)ccc23)CN1C(=O)[C@H](CCO)NC(=O)OC(C)(C)C)C(=O)NS(=O)(=O)c1ccccc1. The Morgan fingerprint density at radius 3 is 2.34 bits per heavy atom. The van der Waals surface area contributed by atoms with Crippen LogP contribution >= 0.6 is 0 Å². The molecule has 306 valence electrons. The lowest BCUT2D eigenvalue weighted by Gasteiger charge is -2.30. The molecule has 15 nitrogen and oxygen atoms in total. The molecule has 6 rings (SSSR count). The maximum absolute atomic E-state index is 14.4. The molecule has 2 heterocycles. The van der Waals surface area contributed by atoms with E-state index in [9.17, 15) is 32.7 Å². The van der Waals surface area contributed by atoms with Gasteiger partial charge in [-0.2, -0.15) is 0 Å². The molecule has 3 aromatic carbocycles. The van der Waals surface area contributed by atoms with E-state index in [2.05, 4.69) is 21.9 Å². The Labute approximate surface area is 336 Å². The normalized spacial score (nSPS) is 20.7. The highest BCUT2D eigenvalue weighted by atomic mass is 32.2. The molecule has 0 unspecified atom stereocenters. The van der Waals surface area contributed by atoms with Crippen LogP contribution in [0.5, 0.6) is 11.5 Å². The topological polar surface area (TPSA) is 203 Å². The first-order valence-electron chi connectivity index (χ1n) is 18.8. The predicted octanol–water partition coefficient (Wildman–Crippen LogP) is 4.10. The van der Waals surface area contributed by atoms with Gasteiger partial charge in [0.05, 0.1) is 29.8 Å². The van der Waals surface area contributed by atoms with Gasteiger partial charge in [-0.25, -0.2) is 22.9 Å². The second-order valence-corrected chi connectivity index (χ2v) is 16.9. The molecule has 4 N–H and O–H groups in total. The molecular weight excluding hydrogens is 767 g/mol. The number of likely N-dealkylation sites (tertiary alicyclic amines) is 1. The van der Waals surface area contributed by atoms with Crippen LogP contribution in [0.3, 0.4) is 0 Å². The molecule has 58 heavy (non-hydrogen) atoms. The molecule has 16 heteroatoms. The van der Waals surface area contributed by atoms with Crippen LogP contribution in [0.1, 0.15) is 40.0 Å². The Hall–Kier alpha value is -6.00. The third-order valence-electron chi connectivity index (χ3n) is 9.93. The van der Waals surface area contributed by atoms with Gasteiger partial charge < -0.3 is 34.9 Å². The number of sulfonamides is 1. The number of aromatic nitrogens is 1. The number of aliphatic hydroxyl groups excluding tert-OH is 1. The highest BCUT2D eigenvalue weighted by Gasteiger charge is 2.61. The summed E-state index contributed by atoms with van der Waals surface area (Å²) in [5.41, 5.74) is -0.585. The van der Waals surface area contributed by atoms with Gasteiger partial charge in [0.2, 0.25) is 11.8 Å². The number of hydrogen-bond acceptors (Lipinski definition) is 11. The van der Waals surface area contributed by atoms with Crippen LogP contribution in [0.15, 0.2) is 102 Å². The van der Waals surface area contributed by atoms with Crippen LogP contribution < -0.4 is 24.8 Å². The molecule has 1 aromatic heterocycles. The van der Waals surface area contributed by atoms with Crippen molar-refractivity contribution in [1.29, 1.82) is 0 Å². The molecule has 0 radical (unpaired) electrons. The number of carbonyl (C=O) groups is 4. The molecule has 0 bridgehead atoms. The summed E-state index contributed by atoms with van der Waals surface area (Å²) < 4.78 is 45.9. The maximum atomic E-state index is 14.4. The van der Waals surface area contributed by atoms with Gasteiger partial charge in [0.25, 0.3) is 15.9 Å². The molecule has 2 fully saturated rings. The molecule has 2 aliphatic rings. The van der Waals surface area contributed by atoms with E-state index in [4.69, 9.17) is 19.2 Å². The first-order valence-corrected chi connectivity index (χ1v) is 20.2. The minimum Gasteiger partial charge on any atom is -0.497 e. The van der Waals surface area contributed by atoms with Crippen LogP contribution in [0.4, 0.5) is 4.79 Å². The Morgan fingerprint density at radius 1 is 1.03 bits per heavy atom. The van der Waals surface area contributed by atoms with E-state index in [1.807, 2.05) is 30.3 Å².